The fraction of sp³-hybridized carbons (Fsp3) is 0.500. The minimum atomic E-state index is 0.618. The second-order valence-corrected chi connectivity index (χ2v) is 9.05. The van der Waals surface area contributed by atoms with Gasteiger partial charge in [-0.2, -0.15) is 0 Å². The predicted octanol–water partition coefficient (Wildman–Crippen LogP) is 2.73. The average molecular weight is 434 g/mol. The maximum Gasteiger partial charge on any atom is 0.193 e. The van der Waals surface area contributed by atoms with E-state index >= 15 is 0 Å². The van der Waals surface area contributed by atoms with Crippen LogP contribution in [0.15, 0.2) is 53.5 Å². The van der Waals surface area contributed by atoms with Gasteiger partial charge in [0, 0.05) is 64.6 Å². The quantitative estimate of drug-likeness (QED) is 0.580. The first-order chi connectivity index (χ1) is 15.8. The Labute approximate surface area is 191 Å². The van der Waals surface area contributed by atoms with Gasteiger partial charge in [0.1, 0.15) is 0 Å². The number of morpholine rings is 1. The molecule has 2 fully saturated rings. The number of fused-ring (bicyclic) bond motifs is 1. The van der Waals surface area contributed by atoms with Gasteiger partial charge in [0.2, 0.25) is 0 Å². The number of guanidine groups is 1. The van der Waals surface area contributed by atoms with E-state index in [0.717, 1.165) is 71.4 Å². The van der Waals surface area contributed by atoms with Crippen LogP contribution >= 0.6 is 0 Å². The standard InChI is InChI=1S/C26H35N5O/c1-27-26(31-13-11-24(20-31)29-14-16-32-17-15-29)28-18-21-6-8-22(9-7-21)19-30-12-10-23-4-2-3-5-25(23)30/h2-9,24H,10-20H2,1H3,(H,27,28). The van der Waals surface area contributed by atoms with Crippen LogP contribution in [0.2, 0.25) is 0 Å². The molecule has 1 N–H and O–H groups in total. The van der Waals surface area contributed by atoms with E-state index in [2.05, 4.69) is 73.5 Å². The van der Waals surface area contributed by atoms with Gasteiger partial charge in [-0.15, -0.1) is 0 Å². The second-order valence-electron chi connectivity index (χ2n) is 9.05. The highest BCUT2D eigenvalue weighted by molar-refractivity contribution is 5.80. The van der Waals surface area contributed by atoms with Crippen molar-refractivity contribution in [2.75, 3.05) is 57.9 Å². The highest BCUT2D eigenvalue weighted by atomic mass is 16.5. The molecule has 2 aromatic rings. The number of rotatable bonds is 5. The Balaban J connectivity index is 1.12. The number of nitrogens with zero attached hydrogens (tertiary/aromatic N) is 4. The van der Waals surface area contributed by atoms with Crippen molar-refractivity contribution in [3.05, 3.63) is 65.2 Å². The molecule has 3 aliphatic heterocycles. The Morgan fingerprint density at radius 2 is 1.78 bits per heavy atom. The summed E-state index contributed by atoms with van der Waals surface area (Å²) in [5, 5.41) is 3.58. The fourth-order valence-corrected chi connectivity index (χ4v) is 5.24. The molecule has 5 rings (SSSR count). The van der Waals surface area contributed by atoms with Crippen molar-refractivity contribution in [3.8, 4) is 0 Å². The summed E-state index contributed by atoms with van der Waals surface area (Å²) in [6.07, 6.45) is 2.36. The van der Waals surface area contributed by atoms with Crippen LogP contribution in [0.1, 0.15) is 23.1 Å². The molecule has 0 radical (unpaired) electrons. The molecule has 1 atom stereocenters. The third-order valence-corrected chi connectivity index (χ3v) is 7.07. The van der Waals surface area contributed by atoms with Crippen molar-refractivity contribution < 1.29 is 4.74 Å². The Morgan fingerprint density at radius 1 is 1.00 bits per heavy atom. The molecule has 6 nitrogen and oxygen atoms in total. The average Bonchev–Trinajstić information content (AvgIpc) is 3.49. The van der Waals surface area contributed by atoms with Crippen molar-refractivity contribution in [1.82, 2.24) is 15.1 Å². The van der Waals surface area contributed by atoms with E-state index < -0.39 is 0 Å². The summed E-state index contributed by atoms with van der Waals surface area (Å²) in [5.41, 5.74) is 5.52. The SMILES string of the molecule is CN=C(NCc1ccc(CN2CCc3ccccc32)cc1)N1CCC(N2CCOCC2)C1. The van der Waals surface area contributed by atoms with Crippen LogP contribution in [0.5, 0.6) is 0 Å². The van der Waals surface area contributed by atoms with Gasteiger partial charge in [-0.1, -0.05) is 42.5 Å². The molecule has 0 aliphatic carbocycles. The molecule has 32 heavy (non-hydrogen) atoms. The molecule has 3 heterocycles. The van der Waals surface area contributed by atoms with Gasteiger partial charge < -0.3 is 19.9 Å². The molecule has 2 saturated heterocycles. The number of para-hydroxylation sites is 1. The predicted molar refractivity (Wildman–Crippen MR) is 130 cm³/mol. The lowest BCUT2D eigenvalue weighted by molar-refractivity contribution is 0.0195. The molecule has 0 aromatic heterocycles. The number of nitrogens with one attached hydrogen (secondary N) is 1. The first-order valence-corrected chi connectivity index (χ1v) is 12.0. The smallest absolute Gasteiger partial charge is 0.193 e. The Bertz CT molecular complexity index is 922. The van der Waals surface area contributed by atoms with Crippen molar-refractivity contribution in [1.29, 1.82) is 0 Å². The number of ether oxygens (including phenoxy) is 1. The number of aliphatic imine (C=N–C) groups is 1. The maximum atomic E-state index is 5.51. The third-order valence-electron chi connectivity index (χ3n) is 7.07. The van der Waals surface area contributed by atoms with E-state index in [4.69, 9.17) is 4.74 Å². The Kier molecular flexibility index (Phi) is 6.60. The van der Waals surface area contributed by atoms with Gasteiger partial charge in [-0.25, -0.2) is 0 Å². The minimum Gasteiger partial charge on any atom is -0.379 e. The van der Waals surface area contributed by atoms with Crippen LogP contribution in [0.25, 0.3) is 0 Å². The summed E-state index contributed by atoms with van der Waals surface area (Å²) in [6.45, 7) is 8.85. The molecule has 3 aliphatic rings. The lowest BCUT2D eigenvalue weighted by Gasteiger charge is -2.32. The van der Waals surface area contributed by atoms with Gasteiger partial charge in [0.25, 0.3) is 0 Å². The largest absolute Gasteiger partial charge is 0.379 e. The molecule has 0 saturated carbocycles. The zero-order valence-corrected chi connectivity index (χ0v) is 19.2. The number of anilines is 1. The van der Waals surface area contributed by atoms with Crippen LogP contribution in [-0.4, -0.2) is 74.8 Å². The summed E-state index contributed by atoms with van der Waals surface area (Å²) in [4.78, 5) is 12.0. The topological polar surface area (TPSA) is 43.3 Å². The van der Waals surface area contributed by atoms with Crippen LogP contribution < -0.4 is 10.2 Å². The van der Waals surface area contributed by atoms with Gasteiger partial charge in [-0.3, -0.25) is 9.89 Å². The molecule has 0 bridgehead atoms. The maximum absolute atomic E-state index is 5.51. The second kappa shape index (κ2) is 9.92. The molecular weight excluding hydrogens is 398 g/mol. The lowest BCUT2D eigenvalue weighted by Crippen LogP contribution is -2.46. The summed E-state index contributed by atoms with van der Waals surface area (Å²) in [7, 11) is 1.89. The van der Waals surface area contributed by atoms with E-state index in [1.165, 1.54) is 28.8 Å². The number of hydrogen-bond donors (Lipinski definition) is 1. The van der Waals surface area contributed by atoms with Crippen LogP contribution in [0.4, 0.5) is 5.69 Å². The van der Waals surface area contributed by atoms with Crippen LogP contribution in [0, 0.1) is 0 Å². The normalized spacial score (nSPS) is 21.8. The van der Waals surface area contributed by atoms with Crippen molar-refractivity contribution in [2.45, 2.75) is 32.0 Å². The van der Waals surface area contributed by atoms with Gasteiger partial charge in [0.05, 0.1) is 13.2 Å². The summed E-state index contributed by atoms with van der Waals surface area (Å²) in [6, 6.07) is 18.4. The van der Waals surface area contributed by atoms with E-state index in [0.29, 0.717) is 6.04 Å². The van der Waals surface area contributed by atoms with Crippen molar-refractivity contribution in [3.63, 3.8) is 0 Å². The van der Waals surface area contributed by atoms with Crippen LogP contribution in [0.3, 0.4) is 0 Å². The first-order valence-electron chi connectivity index (χ1n) is 12.0. The molecule has 170 valence electrons. The highest BCUT2D eigenvalue weighted by Gasteiger charge is 2.30. The number of hydrogen-bond acceptors (Lipinski definition) is 4. The van der Waals surface area contributed by atoms with E-state index in [1.807, 2.05) is 7.05 Å². The van der Waals surface area contributed by atoms with Crippen molar-refractivity contribution >= 4 is 11.6 Å². The van der Waals surface area contributed by atoms with Crippen LogP contribution in [-0.2, 0) is 24.2 Å². The lowest BCUT2D eigenvalue weighted by atomic mass is 10.1. The zero-order chi connectivity index (χ0) is 21.8. The van der Waals surface area contributed by atoms with Crippen molar-refractivity contribution in [2.24, 2.45) is 4.99 Å². The third kappa shape index (κ3) is 4.76. The molecule has 1 unspecified atom stereocenters. The van der Waals surface area contributed by atoms with Gasteiger partial charge >= 0.3 is 0 Å². The Morgan fingerprint density at radius 3 is 2.59 bits per heavy atom. The summed E-state index contributed by atoms with van der Waals surface area (Å²) in [5.74, 6) is 1.01. The number of likely N-dealkylation sites (tertiary alicyclic amines) is 1. The van der Waals surface area contributed by atoms with E-state index in [9.17, 15) is 0 Å². The summed E-state index contributed by atoms with van der Waals surface area (Å²) < 4.78 is 5.51. The fourth-order valence-electron chi connectivity index (χ4n) is 5.24. The first kappa shape index (κ1) is 21.3. The summed E-state index contributed by atoms with van der Waals surface area (Å²) >= 11 is 0. The van der Waals surface area contributed by atoms with Gasteiger partial charge in [-0.05, 0) is 35.6 Å². The monoisotopic (exact) mass is 433 g/mol. The molecular formula is C26H35N5O. The minimum absolute atomic E-state index is 0.618. The highest BCUT2D eigenvalue weighted by Crippen LogP contribution is 2.28. The van der Waals surface area contributed by atoms with E-state index in [-0.39, 0.29) is 0 Å². The zero-order valence-electron chi connectivity index (χ0n) is 19.2. The van der Waals surface area contributed by atoms with Gasteiger partial charge in [0.15, 0.2) is 5.96 Å². The number of benzene rings is 2. The molecule has 6 heteroatoms. The van der Waals surface area contributed by atoms with E-state index in [1.54, 1.807) is 0 Å². The molecule has 2 aromatic carbocycles. The Hall–Kier alpha value is -2.57. The molecule has 0 amide bonds. The molecule has 0 spiro atoms.